The smallest absolute Gasteiger partial charge is 0.0811 e. The fraction of sp³-hybridized carbons (Fsp3) is 1.00. The lowest BCUT2D eigenvalue weighted by Gasteiger charge is -2.36. The standard InChI is InChI=1S/C18H40N.HI/c1-7-11-13-17(9-3)15-19(5,6)16-18(10-4)14-12-8-2;/h17-18H,7-16H2,1-6H3;1H/q+1;/p-1. The van der Waals surface area contributed by atoms with Crippen molar-refractivity contribution in [3.05, 3.63) is 0 Å². The van der Waals surface area contributed by atoms with Crippen LogP contribution in [0, 0.1) is 11.8 Å². The van der Waals surface area contributed by atoms with Gasteiger partial charge in [-0.3, -0.25) is 0 Å². The molecule has 0 aliphatic carbocycles. The van der Waals surface area contributed by atoms with Gasteiger partial charge in [0, 0.05) is 11.8 Å². The molecule has 0 N–H and O–H groups in total. The third-order valence-electron chi connectivity index (χ3n) is 4.59. The van der Waals surface area contributed by atoms with Gasteiger partial charge < -0.3 is 28.5 Å². The van der Waals surface area contributed by atoms with Crippen molar-refractivity contribution >= 4 is 0 Å². The van der Waals surface area contributed by atoms with E-state index in [2.05, 4.69) is 41.8 Å². The first-order valence-electron chi connectivity index (χ1n) is 8.80. The van der Waals surface area contributed by atoms with Gasteiger partial charge in [0.05, 0.1) is 27.2 Å². The second-order valence-electron chi connectivity index (χ2n) is 7.13. The van der Waals surface area contributed by atoms with E-state index in [1.807, 2.05) is 0 Å². The summed E-state index contributed by atoms with van der Waals surface area (Å²) in [7, 11) is 4.90. The van der Waals surface area contributed by atoms with Crippen molar-refractivity contribution in [1.82, 2.24) is 0 Å². The summed E-state index contributed by atoms with van der Waals surface area (Å²) < 4.78 is 1.23. The molecular weight excluding hydrogens is 357 g/mol. The van der Waals surface area contributed by atoms with Crippen LogP contribution in [0.1, 0.15) is 79.1 Å². The molecule has 0 radical (unpaired) electrons. The topological polar surface area (TPSA) is 0 Å². The van der Waals surface area contributed by atoms with Crippen molar-refractivity contribution < 1.29 is 28.5 Å². The van der Waals surface area contributed by atoms with Gasteiger partial charge in [0.1, 0.15) is 0 Å². The van der Waals surface area contributed by atoms with E-state index in [-0.39, 0.29) is 24.0 Å². The minimum atomic E-state index is 0. The largest absolute Gasteiger partial charge is 1.00 e. The molecule has 0 heterocycles. The second-order valence-corrected chi connectivity index (χ2v) is 7.13. The summed E-state index contributed by atoms with van der Waals surface area (Å²) in [5, 5.41) is 0. The number of nitrogens with zero attached hydrogens (tertiary/aromatic N) is 1. The van der Waals surface area contributed by atoms with Crippen LogP contribution in [0.3, 0.4) is 0 Å². The lowest BCUT2D eigenvalue weighted by molar-refractivity contribution is -0.897. The van der Waals surface area contributed by atoms with Crippen molar-refractivity contribution in [2.75, 3.05) is 27.2 Å². The molecule has 0 saturated carbocycles. The summed E-state index contributed by atoms with van der Waals surface area (Å²) in [6, 6.07) is 0. The fourth-order valence-electron chi connectivity index (χ4n) is 3.31. The summed E-state index contributed by atoms with van der Waals surface area (Å²) in [4.78, 5) is 0. The third kappa shape index (κ3) is 11.4. The first-order valence-corrected chi connectivity index (χ1v) is 8.80. The first-order chi connectivity index (χ1) is 8.99. The Morgan fingerprint density at radius 3 is 1.30 bits per heavy atom. The molecule has 0 aromatic heterocycles. The minimum Gasteiger partial charge on any atom is -1.00 e. The molecule has 20 heavy (non-hydrogen) atoms. The van der Waals surface area contributed by atoms with E-state index in [1.165, 1.54) is 68.9 Å². The Hall–Kier alpha value is 0.690. The number of quaternary nitrogens is 1. The molecule has 124 valence electrons. The molecule has 2 heteroatoms. The van der Waals surface area contributed by atoms with Crippen LogP contribution in [-0.4, -0.2) is 31.7 Å². The summed E-state index contributed by atoms with van der Waals surface area (Å²) >= 11 is 0. The van der Waals surface area contributed by atoms with Crippen LogP contribution in [0.5, 0.6) is 0 Å². The Morgan fingerprint density at radius 2 is 1.05 bits per heavy atom. The number of rotatable bonds is 12. The monoisotopic (exact) mass is 397 g/mol. The maximum Gasteiger partial charge on any atom is 0.0811 e. The van der Waals surface area contributed by atoms with Gasteiger partial charge in [-0.1, -0.05) is 53.4 Å². The Kier molecular flexibility index (Phi) is 15.3. The Bertz CT molecular complexity index is 184. The summed E-state index contributed by atoms with van der Waals surface area (Å²) in [6.07, 6.45) is 11.1. The summed E-state index contributed by atoms with van der Waals surface area (Å²) in [5.41, 5.74) is 0. The zero-order valence-electron chi connectivity index (χ0n) is 15.1. The Morgan fingerprint density at radius 1 is 0.700 bits per heavy atom. The quantitative estimate of drug-likeness (QED) is 0.351. The van der Waals surface area contributed by atoms with Gasteiger partial charge in [-0.25, -0.2) is 0 Å². The molecule has 0 aliphatic heterocycles. The van der Waals surface area contributed by atoms with Crippen LogP contribution in [0.4, 0.5) is 0 Å². The Labute approximate surface area is 146 Å². The van der Waals surface area contributed by atoms with Crippen molar-refractivity contribution in [2.45, 2.75) is 79.1 Å². The van der Waals surface area contributed by atoms with E-state index in [0.29, 0.717) is 0 Å². The van der Waals surface area contributed by atoms with Crippen LogP contribution in [0.25, 0.3) is 0 Å². The molecular formula is C18H40IN. The number of hydrogen-bond acceptors (Lipinski definition) is 0. The number of halogens is 1. The third-order valence-corrected chi connectivity index (χ3v) is 4.59. The van der Waals surface area contributed by atoms with Gasteiger partial charge >= 0.3 is 0 Å². The fourth-order valence-corrected chi connectivity index (χ4v) is 3.31. The number of unbranched alkanes of at least 4 members (excludes halogenated alkanes) is 2. The SMILES string of the molecule is CCCCC(CC)C[N+](C)(C)CC(CC)CCCC.[I-]. The van der Waals surface area contributed by atoms with Crippen molar-refractivity contribution in [3.63, 3.8) is 0 Å². The molecule has 2 unspecified atom stereocenters. The zero-order chi connectivity index (χ0) is 14.7. The van der Waals surface area contributed by atoms with Crippen molar-refractivity contribution in [3.8, 4) is 0 Å². The second kappa shape index (κ2) is 13.4. The van der Waals surface area contributed by atoms with Crippen LogP contribution >= 0.6 is 0 Å². The lowest BCUT2D eigenvalue weighted by Crippen LogP contribution is -3.00. The van der Waals surface area contributed by atoms with Gasteiger partial charge in [0.25, 0.3) is 0 Å². The van der Waals surface area contributed by atoms with E-state index in [9.17, 15) is 0 Å². The van der Waals surface area contributed by atoms with Gasteiger partial charge in [-0.2, -0.15) is 0 Å². The van der Waals surface area contributed by atoms with Crippen molar-refractivity contribution in [2.24, 2.45) is 11.8 Å². The Balaban J connectivity index is 0. The van der Waals surface area contributed by atoms with Crippen LogP contribution in [-0.2, 0) is 0 Å². The average molecular weight is 397 g/mol. The molecule has 1 nitrogen and oxygen atoms in total. The molecule has 0 saturated heterocycles. The molecule has 2 atom stereocenters. The van der Waals surface area contributed by atoms with E-state index < -0.39 is 0 Å². The molecule has 0 aromatic rings. The lowest BCUT2D eigenvalue weighted by atomic mass is 9.95. The highest BCUT2D eigenvalue weighted by Crippen LogP contribution is 2.21. The molecule has 0 fully saturated rings. The van der Waals surface area contributed by atoms with Crippen LogP contribution < -0.4 is 24.0 Å². The van der Waals surface area contributed by atoms with E-state index in [4.69, 9.17) is 0 Å². The van der Waals surface area contributed by atoms with Crippen LogP contribution in [0.15, 0.2) is 0 Å². The molecule has 0 aromatic carbocycles. The zero-order valence-corrected chi connectivity index (χ0v) is 17.2. The molecule has 0 bridgehead atoms. The van der Waals surface area contributed by atoms with E-state index in [1.54, 1.807) is 0 Å². The van der Waals surface area contributed by atoms with Gasteiger partial charge in [-0.15, -0.1) is 0 Å². The van der Waals surface area contributed by atoms with Crippen molar-refractivity contribution in [1.29, 1.82) is 0 Å². The minimum absolute atomic E-state index is 0. The average Bonchev–Trinajstić information content (AvgIpc) is 2.39. The normalized spacial score (nSPS) is 14.7. The summed E-state index contributed by atoms with van der Waals surface area (Å²) in [5.74, 6) is 1.86. The number of hydrogen-bond donors (Lipinski definition) is 0. The van der Waals surface area contributed by atoms with Crippen LogP contribution in [0.2, 0.25) is 0 Å². The highest BCUT2D eigenvalue weighted by atomic mass is 127. The van der Waals surface area contributed by atoms with E-state index in [0.717, 1.165) is 11.8 Å². The predicted octanol–water partition coefficient (Wildman–Crippen LogP) is 2.50. The first kappa shape index (κ1) is 23.0. The van der Waals surface area contributed by atoms with Gasteiger partial charge in [0.15, 0.2) is 0 Å². The molecule has 0 amide bonds. The van der Waals surface area contributed by atoms with Gasteiger partial charge in [0.2, 0.25) is 0 Å². The maximum atomic E-state index is 2.45. The van der Waals surface area contributed by atoms with E-state index >= 15 is 0 Å². The maximum absolute atomic E-state index is 2.45. The molecule has 0 spiro atoms. The predicted molar refractivity (Wildman–Crippen MR) is 88.5 cm³/mol. The highest BCUT2D eigenvalue weighted by molar-refractivity contribution is 4.60. The summed E-state index contributed by atoms with van der Waals surface area (Å²) in [6.45, 7) is 12.1. The highest BCUT2D eigenvalue weighted by Gasteiger charge is 2.24. The van der Waals surface area contributed by atoms with Gasteiger partial charge in [-0.05, 0) is 25.7 Å². The molecule has 0 rings (SSSR count). The molecule has 0 aliphatic rings.